The van der Waals surface area contributed by atoms with Gasteiger partial charge in [0.2, 0.25) is 0 Å². The fourth-order valence-corrected chi connectivity index (χ4v) is 0.632. The highest BCUT2D eigenvalue weighted by Gasteiger charge is 2.13. The molecule has 0 aliphatic heterocycles. The van der Waals surface area contributed by atoms with Crippen molar-refractivity contribution in [3.8, 4) is 0 Å². The van der Waals surface area contributed by atoms with E-state index in [1.165, 1.54) is 0 Å². The standard InChI is InChI=1S/2C2H7N.H2O8S2/c2*1-3-2;1-9(2,3)7-8-10(4,5)6/h2*3H,1-2H3;(H,1,2,3)(H,4,5,6). The molecule has 0 heterocycles. The molecule has 0 aromatic heterocycles. The van der Waals surface area contributed by atoms with E-state index < -0.39 is 20.8 Å². The number of rotatable bonds is 3. The number of nitrogens with one attached hydrogen (secondary N) is 2. The van der Waals surface area contributed by atoms with Crippen LogP contribution in [-0.4, -0.2) is 54.1 Å². The fraction of sp³-hybridized carbons (Fsp3) is 1.00. The van der Waals surface area contributed by atoms with Gasteiger partial charge in [0.1, 0.15) is 0 Å². The molecule has 0 unspecified atom stereocenters. The molecule has 0 aliphatic carbocycles. The minimum absolute atomic E-state index is 1.88. The monoisotopic (exact) mass is 284 g/mol. The second-order valence-corrected chi connectivity index (χ2v) is 3.97. The molecule has 0 rings (SSSR count). The van der Waals surface area contributed by atoms with Crippen LogP contribution in [0.15, 0.2) is 0 Å². The summed E-state index contributed by atoms with van der Waals surface area (Å²) in [5.74, 6) is 0. The van der Waals surface area contributed by atoms with Crippen molar-refractivity contribution in [2.45, 2.75) is 0 Å². The largest absolute Gasteiger partial charge is 0.425 e. The molecule has 0 aromatic rings. The first-order valence-corrected chi connectivity index (χ1v) is 6.26. The van der Waals surface area contributed by atoms with Gasteiger partial charge in [-0.25, -0.2) is 0 Å². The Kier molecular flexibility index (Phi) is 14.6. The first-order valence-electron chi connectivity index (χ1n) is 3.53. The third kappa shape index (κ3) is 49.4. The van der Waals surface area contributed by atoms with E-state index >= 15 is 0 Å². The third-order valence-electron chi connectivity index (χ3n) is 0.200. The molecule has 12 heteroatoms. The molecule has 0 fully saturated rings. The second kappa shape index (κ2) is 11.2. The van der Waals surface area contributed by atoms with Crippen LogP contribution in [0.25, 0.3) is 0 Å². The molecule has 0 saturated carbocycles. The molecule has 0 amide bonds. The van der Waals surface area contributed by atoms with Crippen molar-refractivity contribution in [1.29, 1.82) is 0 Å². The summed E-state index contributed by atoms with van der Waals surface area (Å²) in [4.78, 5) is 0. The molecular formula is C4H16N2O8S2. The van der Waals surface area contributed by atoms with Crippen LogP contribution in [0, 0.1) is 0 Å². The Balaban J connectivity index is -0.000000235. The van der Waals surface area contributed by atoms with E-state index in [4.69, 9.17) is 9.11 Å². The maximum Gasteiger partial charge on any atom is 0.425 e. The normalized spacial score (nSPS) is 10.6. The number of hydrogen-bond donors (Lipinski definition) is 4. The van der Waals surface area contributed by atoms with E-state index in [9.17, 15) is 16.8 Å². The zero-order chi connectivity index (χ0) is 13.8. The van der Waals surface area contributed by atoms with Gasteiger partial charge in [0, 0.05) is 0 Å². The lowest BCUT2D eigenvalue weighted by atomic mass is 11.3. The molecule has 0 atom stereocenters. The maximum atomic E-state index is 9.51. The Bertz CT molecular complexity index is 288. The highest BCUT2D eigenvalue weighted by atomic mass is 32.3. The summed E-state index contributed by atoms with van der Waals surface area (Å²) in [5, 5.41) is 5.50. The topological polar surface area (TPSA) is 151 Å². The smallest absolute Gasteiger partial charge is 0.323 e. The third-order valence-corrected chi connectivity index (χ3v) is 0.766. The van der Waals surface area contributed by atoms with E-state index in [2.05, 4.69) is 19.3 Å². The summed E-state index contributed by atoms with van der Waals surface area (Å²) >= 11 is 0. The van der Waals surface area contributed by atoms with Crippen LogP contribution in [0.3, 0.4) is 0 Å². The van der Waals surface area contributed by atoms with Gasteiger partial charge >= 0.3 is 20.8 Å². The lowest BCUT2D eigenvalue weighted by molar-refractivity contribution is -0.105. The second-order valence-electron chi connectivity index (χ2n) is 1.99. The molecule has 16 heavy (non-hydrogen) atoms. The maximum absolute atomic E-state index is 9.51. The van der Waals surface area contributed by atoms with Crippen molar-refractivity contribution < 1.29 is 34.6 Å². The van der Waals surface area contributed by atoms with Gasteiger partial charge in [-0.2, -0.15) is 16.8 Å². The predicted octanol–water partition coefficient (Wildman–Crippen LogP) is -1.79. The molecule has 0 radical (unpaired) electrons. The first kappa shape index (κ1) is 21.0. The molecule has 0 spiro atoms. The van der Waals surface area contributed by atoms with Crippen LogP contribution in [0.1, 0.15) is 0 Å². The van der Waals surface area contributed by atoms with Crippen molar-refractivity contribution in [1.82, 2.24) is 10.6 Å². The van der Waals surface area contributed by atoms with E-state index in [-0.39, 0.29) is 0 Å². The van der Waals surface area contributed by atoms with Crippen LogP contribution < -0.4 is 10.6 Å². The fourth-order valence-electron chi connectivity index (χ4n) is 0.0702. The summed E-state index contributed by atoms with van der Waals surface area (Å²) in [6.45, 7) is 0. The summed E-state index contributed by atoms with van der Waals surface area (Å²) < 4.78 is 58.9. The summed E-state index contributed by atoms with van der Waals surface area (Å²) in [5.41, 5.74) is 0. The predicted molar refractivity (Wildman–Crippen MR) is 55.2 cm³/mol. The molecule has 4 N–H and O–H groups in total. The molecule has 0 bridgehead atoms. The molecule has 0 aliphatic rings. The average Bonchev–Trinajstić information content (AvgIpc) is 2.01. The molecule has 0 saturated heterocycles. The lowest BCUT2D eigenvalue weighted by Gasteiger charge is -1.92. The van der Waals surface area contributed by atoms with E-state index in [1.807, 2.05) is 28.2 Å². The number of hydrogen-bond acceptors (Lipinski definition) is 8. The Labute approximate surface area is 94.8 Å². The van der Waals surface area contributed by atoms with Gasteiger partial charge in [0.05, 0.1) is 0 Å². The SMILES string of the molecule is CNC.CNC.O=S(=O)(O)OOS(=O)(=O)O. The van der Waals surface area contributed by atoms with Crippen molar-refractivity contribution in [3.05, 3.63) is 0 Å². The van der Waals surface area contributed by atoms with E-state index in [1.54, 1.807) is 0 Å². The minimum Gasteiger partial charge on any atom is -0.323 e. The van der Waals surface area contributed by atoms with Crippen LogP contribution in [0.5, 0.6) is 0 Å². The van der Waals surface area contributed by atoms with Crippen molar-refractivity contribution in [2.24, 2.45) is 0 Å². The van der Waals surface area contributed by atoms with Crippen LogP contribution in [0.2, 0.25) is 0 Å². The van der Waals surface area contributed by atoms with E-state index in [0.717, 1.165) is 0 Å². The average molecular weight is 284 g/mol. The minimum atomic E-state index is -5.02. The van der Waals surface area contributed by atoms with Crippen LogP contribution in [-0.2, 0) is 29.5 Å². The van der Waals surface area contributed by atoms with Crippen molar-refractivity contribution >= 4 is 20.8 Å². The van der Waals surface area contributed by atoms with Crippen molar-refractivity contribution in [3.63, 3.8) is 0 Å². The zero-order valence-corrected chi connectivity index (χ0v) is 10.8. The Morgan fingerprint density at radius 3 is 0.938 bits per heavy atom. The first-order chi connectivity index (χ1) is 7.04. The van der Waals surface area contributed by atoms with Gasteiger partial charge in [-0.15, -0.1) is 0 Å². The Morgan fingerprint density at radius 2 is 0.875 bits per heavy atom. The molecule has 0 aromatic carbocycles. The summed E-state index contributed by atoms with van der Waals surface area (Å²) in [6.07, 6.45) is 0. The van der Waals surface area contributed by atoms with Gasteiger partial charge in [-0.05, 0) is 28.2 Å². The summed E-state index contributed by atoms with van der Waals surface area (Å²) in [6, 6.07) is 0. The Morgan fingerprint density at radius 1 is 0.750 bits per heavy atom. The molecule has 10 nitrogen and oxygen atoms in total. The highest BCUT2D eigenvalue weighted by molar-refractivity contribution is 7.83. The van der Waals surface area contributed by atoms with Gasteiger partial charge in [-0.3, -0.25) is 9.11 Å². The van der Waals surface area contributed by atoms with Gasteiger partial charge in [0.25, 0.3) is 0 Å². The van der Waals surface area contributed by atoms with Crippen LogP contribution in [0.4, 0.5) is 0 Å². The van der Waals surface area contributed by atoms with Crippen LogP contribution >= 0.6 is 0 Å². The molecule has 102 valence electrons. The Hall–Kier alpha value is -0.340. The zero-order valence-electron chi connectivity index (χ0n) is 9.16. The summed E-state index contributed by atoms with van der Waals surface area (Å²) in [7, 11) is -2.54. The molecular weight excluding hydrogens is 268 g/mol. The highest BCUT2D eigenvalue weighted by Crippen LogP contribution is 1.92. The van der Waals surface area contributed by atoms with Gasteiger partial charge in [0.15, 0.2) is 0 Å². The van der Waals surface area contributed by atoms with Crippen molar-refractivity contribution in [2.75, 3.05) is 28.2 Å². The lowest BCUT2D eigenvalue weighted by Crippen LogP contribution is -2.10. The quantitative estimate of drug-likeness (QED) is 0.265. The van der Waals surface area contributed by atoms with E-state index in [0.29, 0.717) is 0 Å². The van der Waals surface area contributed by atoms with Gasteiger partial charge in [-0.1, -0.05) is 8.67 Å². The van der Waals surface area contributed by atoms with Gasteiger partial charge < -0.3 is 10.6 Å².